The maximum Gasteiger partial charge on any atom is 0.222 e. The van der Waals surface area contributed by atoms with Gasteiger partial charge in [0.1, 0.15) is 11.6 Å². The third kappa shape index (κ3) is 3.86. The lowest BCUT2D eigenvalue weighted by Crippen LogP contribution is -2.39. The summed E-state index contributed by atoms with van der Waals surface area (Å²) in [7, 11) is 0. The molecule has 28 heavy (non-hydrogen) atoms. The highest BCUT2D eigenvalue weighted by atomic mass is 16.2. The molecule has 2 aromatic rings. The highest BCUT2D eigenvalue weighted by molar-refractivity contribution is 5.76. The smallest absolute Gasteiger partial charge is 0.222 e. The maximum atomic E-state index is 12.2. The largest absolute Gasteiger partial charge is 0.350 e. The van der Waals surface area contributed by atoms with Crippen molar-refractivity contribution in [3.8, 4) is 0 Å². The van der Waals surface area contributed by atoms with Crippen LogP contribution in [0.1, 0.15) is 61.3 Å². The fraction of sp³-hybridized carbons (Fsp3) is 0.545. The molecule has 4 heterocycles. The van der Waals surface area contributed by atoms with Gasteiger partial charge in [-0.25, -0.2) is 9.97 Å². The van der Waals surface area contributed by atoms with E-state index in [4.69, 9.17) is 9.97 Å². The van der Waals surface area contributed by atoms with Crippen molar-refractivity contribution in [2.45, 2.75) is 58.4 Å². The van der Waals surface area contributed by atoms with E-state index in [1.807, 2.05) is 30.2 Å². The number of nitrogens with zero attached hydrogens (tertiary/aromatic N) is 5. The first kappa shape index (κ1) is 18.8. The van der Waals surface area contributed by atoms with Crippen molar-refractivity contribution < 1.29 is 4.79 Å². The summed E-state index contributed by atoms with van der Waals surface area (Å²) in [5.41, 5.74) is 3.42. The summed E-state index contributed by atoms with van der Waals surface area (Å²) in [5, 5.41) is 0. The minimum absolute atomic E-state index is 0.229. The molecule has 1 amide bonds. The van der Waals surface area contributed by atoms with Crippen molar-refractivity contribution in [2.24, 2.45) is 0 Å². The summed E-state index contributed by atoms with van der Waals surface area (Å²) in [6.07, 6.45) is 6.63. The molecule has 148 valence electrons. The monoisotopic (exact) mass is 379 g/mol. The van der Waals surface area contributed by atoms with Crippen LogP contribution in [-0.2, 0) is 17.8 Å². The molecular weight excluding hydrogens is 350 g/mol. The fourth-order valence-corrected chi connectivity index (χ4v) is 4.37. The number of fused-ring (bicyclic) bond motifs is 1. The first-order chi connectivity index (χ1) is 13.7. The van der Waals surface area contributed by atoms with Crippen molar-refractivity contribution in [1.82, 2.24) is 19.9 Å². The Morgan fingerprint density at radius 1 is 1.21 bits per heavy atom. The molecule has 0 aliphatic carbocycles. The second-order valence-corrected chi connectivity index (χ2v) is 7.85. The van der Waals surface area contributed by atoms with E-state index in [9.17, 15) is 4.79 Å². The summed E-state index contributed by atoms with van der Waals surface area (Å²) >= 11 is 0. The average molecular weight is 380 g/mol. The van der Waals surface area contributed by atoms with E-state index in [0.717, 1.165) is 74.9 Å². The van der Waals surface area contributed by atoms with E-state index in [-0.39, 0.29) is 11.8 Å². The number of aromatic nitrogens is 3. The molecule has 6 heteroatoms. The third-order valence-corrected chi connectivity index (χ3v) is 5.88. The maximum absolute atomic E-state index is 12.2. The Balaban J connectivity index is 1.61. The molecule has 1 fully saturated rings. The van der Waals surface area contributed by atoms with Crippen LogP contribution in [0.3, 0.4) is 0 Å². The van der Waals surface area contributed by atoms with Gasteiger partial charge < -0.3 is 9.80 Å². The Bertz CT molecular complexity index is 838. The van der Waals surface area contributed by atoms with E-state index < -0.39 is 0 Å². The lowest BCUT2D eigenvalue weighted by molar-refractivity contribution is -0.132. The lowest BCUT2D eigenvalue weighted by Gasteiger charge is -2.34. The van der Waals surface area contributed by atoms with Crippen LogP contribution in [0.25, 0.3) is 0 Å². The normalized spacial score (nSPS) is 19.4. The van der Waals surface area contributed by atoms with Crippen LogP contribution in [0, 0.1) is 6.92 Å². The van der Waals surface area contributed by atoms with E-state index in [1.165, 1.54) is 5.56 Å². The Morgan fingerprint density at radius 2 is 2.11 bits per heavy atom. The number of likely N-dealkylation sites (tertiary alicyclic amines) is 1. The highest BCUT2D eigenvalue weighted by Gasteiger charge is 2.29. The van der Waals surface area contributed by atoms with E-state index in [1.54, 1.807) is 0 Å². The molecule has 0 spiro atoms. The Hall–Kier alpha value is -2.50. The van der Waals surface area contributed by atoms with E-state index in [2.05, 4.69) is 22.9 Å². The quantitative estimate of drug-likeness (QED) is 0.816. The van der Waals surface area contributed by atoms with Crippen molar-refractivity contribution in [3.63, 3.8) is 0 Å². The number of anilines is 1. The molecule has 2 aromatic heterocycles. The van der Waals surface area contributed by atoms with Crippen LogP contribution in [-0.4, -0.2) is 45.4 Å². The third-order valence-electron chi connectivity index (χ3n) is 5.88. The van der Waals surface area contributed by atoms with Gasteiger partial charge in [-0.1, -0.05) is 13.0 Å². The number of hydrogen-bond acceptors (Lipinski definition) is 5. The molecule has 2 aliphatic heterocycles. The summed E-state index contributed by atoms with van der Waals surface area (Å²) in [4.78, 5) is 30.9. The minimum Gasteiger partial charge on any atom is -0.350 e. The number of amides is 1. The van der Waals surface area contributed by atoms with Gasteiger partial charge in [-0.3, -0.25) is 9.78 Å². The van der Waals surface area contributed by atoms with Crippen LogP contribution in [0.2, 0.25) is 0 Å². The van der Waals surface area contributed by atoms with Gasteiger partial charge >= 0.3 is 0 Å². The SMILES string of the molecule is CCC(=O)N1CCCC(c2nc(C)c3c(n2)N(Cc2ccccn2)CCC3)C1. The van der Waals surface area contributed by atoms with E-state index >= 15 is 0 Å². The molecule has 0 radical (unpaired) electrons. The van der Waals surface area contributed by atoms with Gasteiger partial charge in [0.25, 0.3) is 0 Å². The van der Waals surface area contributed by atoms with Crippen molar-refractivity contribution in [3.05, 3.63) is 47.2 Å². The Kier molecular flexibility index (Phi) is 5.55. The topological polar surface area (TPSA) is 62.2 Å². The molecule has 1 atom stereocenters. The number of carbonyl (C=O) groups excluding carboxylic acids is 1. The molecule has 1 saturated heterocycles. The van der Waals surface area contributed by atoms with Crippen molar-refractivity contribution >= 4 is 11.7 Å². The first-order valence-electron chi connectivity index (χ1n) is 10.5. The van der Waals surface area contributed by atoms with Gasteiger partial charge in [-0.15, -0.1) is 0 Å². The minimum atomic E-state index is 0.229. The molecule has 0 aromatic carbocycles. The zero-order valence-electron chi connectivity index (χ0n) is 16.9. The zero-order chi connectivity index (χ0) is 19.5. The van der Waals surface area contributed by atoms with E-state index in [0.29, 0.717) is 6.42 Å². The molecule has 1 unspecified atom stereocenters. The molecule has 0 bridgehead atoms. The Labute approximate surface area is 167 Å². The second kappa shape index (κ2) is 8.25. The standard InChI is InChI=1S/C22H29N5O/c1-3-20(28)26-12-6-8-17(14-26)21-24-16(2)19-10-7-13-27(22(19)25-21)15-18-9-4-5-11-23-18/h4-5,9,11,17H,3,6-8,10,12-15H2,1-2H3. The molecular formula is C22H29N5O. The zero-order valence-corrected chi connectivity index (χ0v) is 16.9. The molecule has 0 N–H and O–H groups in total. The number of piperidine rings is 1. The Morgan fingerprint density at radius 3 is 2.89 bits per heavy atom. The summed E-state index contributed by atoms with van der Waals surface area (Å²) in [6, 6.07) is 6.05. The summed E-state index contributed by atoms with van der Waals surface area (Å²) < 4.78 is 0. The molecule has 4 rings (SSSR count). The van der Waals surface area contributed by atoms with Gasteiger partial charge in [0.2, 0.25) is 5.91 Å². The van der Waals surface area contributed by atoms with Crippen LogP contribution < -0.4 is 4.90 Å². The van der Waals surface area contributed by atoms with Crippen molar-refractivity contribution in [2.75, 3.05) is 24.5 Å². The number of rotatable bonds is 4. The lowest BCUT2D eigenvalue weighted by atomic mass is 9.95. The van der Waals surface area contributed by atoms with Gasteiger partial charge in [0, 0.05) is 49.4 Å². The fourth-order valence-electron chi connectivity index (χ4n) is 4.37. The van der Waals surface area contributed by atoms with Gasteiger partial charge in [0.15, 0.2) is 0 Å². The van der Waals surface area contributed by atoms with Crippen LogP contribution in [0.4, 0.5) is 5.82 Å². The predicted molar refractivity (Wildman–Crippen MR) is 109 cm³/mol. The number of aryl methyl sites for hydroxylation is 1. The summed E-state index contributed by atoms with van der Waals surface area (Å²) in [5.74, 6) is 2.43. The average Bonchev–Trinajstić information content (AvgIpc) is 2.74. The van der Waals surface area contributed by atoms with Crippen LogP contribution >= 0.6 is 0 Å². The number of hydrogen-bond donors (Lipinski definition) is 0. The molecule has 6 nitrogen and oxygen atoms in total. The predicted octanol–water partition coefficient (Wildman–Crippen LogP) is 3.25. The molecule has 0 saturated carbocycles. The summed E-state index contributed by atoms with van der Waals surface area (Å²) in [6.45, 7) is 7.40. The second-order valence-electron chi connectivity index (χ2n) is 7.85. The van der Waals surface area contributed by atoms with Crippen molar-refractivity contribution in [1.29, 1.82) is 0 Å². The van der Waals surface area contributed by atoms with Gasteiger partial charge in [-0.05, 0) is 44.7 Å². The first-order valence-corrected chi connectivity index (χ1v) is 10.5. The van der Waals surface area contributed by atoms with Crippen LogP contribution in [0.5, 0.6) is 0 Å². The van der Waals surface area contributed by atoms with Gasteiger partial charge in [-0.2, -0.15) is 0 Å². The number of pyridine rings is 1. The molecule has 2 aliphatic rings. The highest BCUT2D eigenvalue weighted by Crippen LogP contribution is 2.32. The van der Waals surface area contributed by atoms with Crippen LogP contribution in [0.15, 0.2) is 24.4 Å². The number of carbonyl (C=O) groups is 1. The van der Waals surface area contributed by atoms with Gasteiger partial charge in [0.05, 0.1) is 12.2 Å².